The normalized spacial score (nSPS) is 19.1. The Morgan fingerprint density at radius 1 is 0.828 bits per heavy atom. The summed E-state index contributed by atoms with van der Waals surface area (Å²) in [5.74, 6) is 0.386. The minimum atomic E-state index is -0.348. The van der Waals surface area contributed by atoms with E-state index >= 15 is 0 Å². The molecule has 4 rings (SSSR count). The van der Waals surface area contributed by atoms with Crippen LogP contribution in [0.2, 0.25) is 0 Å². The molecule has 0 aromatic heterocycles. The summed E-state index contributed by atoms with van der Waals surface area (Å²) in [6, 6.07) is 19.2. The van der Waals surface area contributed by atoms with Gasteiger partial charge >= 0.3 is 0 Å². The number of carbonyl (C=O) groups is 2. The first-order chi connectivity index (χ1) is 14.2. The van der Waals surface area contributed by atoms with Crippen LogP contribution in [0, 0.1) is 5.92 Å². The Bertz CT molecular complexity index is 811. The van der Waals surface area contributed by atoms with E-state index < -0.39 is 0 Å². The lowest BCUT2D eigenvalue weighted by Crippen LogP contribution is -2.45. The van der Waals surface area contributed by atoms with Crippen LogP contribution in [-0.2, 0) is 9.59 Å². The summed E-state index contributed by atoms with van der Waals surface area (Å²) in [4.78, 5) is 30.2. The Labute approximate surface area is 172 Å². The molecule has 0 aliphatic carbocycles. The van der Waals surface area contributed by atoms with Gasteiger partial charge in [0.25, 0.3) is 0 Å². The Hall–Kier alpha value is -2.66. The molecule has 0 saturated carbocycles. The predicted molar refractivity (Wildman–Crippen MR) is 114 cm³/mol. The van der Waals surface area contributed by atoms with Crippen LogP contribution in [0.4, 0.5) is 5.69 Å². The molecule has 1 unspecified atom stereocenters. The number of hydrogen-bond donors (Lipinski definition) is 1. The van der Waals surface area contributed by atoms with Crippen LogP contribution in [0.25, 0.3) is 0 Å². The average Bonchev–Trinajstić information content (AvgIpc) is 3.30. The predicted octanol–water partition coefficient (Wildman–Crippen LogP) is 3.70. The van der Waals surface area contributed by atoms with E-state index in [0.717, 1.165) is 63.1 Å². The van der Waals surface area contributed by atoms with Gasteiger partial charge in [-0.1, -0.05) is 48.5 Å². The van der Waals surface area contributed by atoms with Crippen molar-refractivity contribution in [2.24, 2.45) is 5.92 Å². The maximum atomic E-state index is 13.2. The molecular formula is C24H29N3O2. The van der Waals surface area contributed by atoms with Crippen LogP contribution in [0.5, 0.6) is 0 Å². The van der Waals surface area contributed by atoms with Crippen molar-refractivity contribution in [3.05, 3.63) is 66.2 Å². The van der Waals surface area contributed by atoms with Crippen LogP contribution in [0.15, 0.2) is 60.7 Å². The van der Waals surface area contributed by atoms with Crippen LogP contribution in [-0.4, -0.2) is 47.8 Å². The fraction of sp³-hybridized carbons (Fsp3) is 0.417. The number of carbonyl (C=O) groups excluding carboxylic acids is 2. The van der Waals surface area contributed by atoms with Crippen molar-refractivity contribution in [1.29, 1.82) is 0 Å². The summed E-state index contributed by atoms with van der Waals surface area (Å²) in [5, 5.41) is 3.06. The number of nitrogens with zero attached hydrogens (tertiary/aromatic N) is 2. The monoisotopic (exact) mass is 391 g/mol. The maximum Gasteiger partial charge on any atom is 0.246 e. The Morgan fingerprint density at radius 3 is 2.03 bits per heavy atom. The fourth-order valence-corrected chi connectivity index (χ4v) is 4.50. The molecule has 0 radical (unpaired) electrons. The molecular weight excluding hydrogens is 362 g/mol. The lowest BCUT2D eigenvalue weighted by Gasteiger charge is -2.37. The van der Waals surface area contributed by atoms with Crippen molar-refractivity contribution in [2.75, 3.05) is 31.5 Å². The first kappa shape index (κ1) is 19.6. The number of anilines is 1. The molecule has 1 N–H and O–H groups in total. The second-order valence-electron chi connectivity index (χ2n) is 8.01. The molecule has 5 nitrogen and oxygen atoms in total. The van der Waals surface area contributed by atoms with E-state index in [1.54, 1.807) is 0 Å². The number of amides is 2. The number of para-hydroxylation sites is 1. The van der Waals surface area contributed by atoms with E-state index in [4.69, 9.17) is 0 Å². The number of rotatable bonds is 5. The highest BCUT2D eigenvalue weighted by atomic mass is 16.2. The largest absolute Gasteiger partial charge is 0.342 e. The number of hydrogen-bond acceptors (Lipinski definition) is 3. The van der Waals surface area contributed by atoms with Crippen LogP contribution in [0.3, 0.4) is 0 Å². The number of piperidine rings is 1. The van der Waals surface area contributed by atoms with Gasteiger partial charge in [0.15, 0.2) is 0 Å². The van der Waals surface area contributed by atoms with Crippen molar-refractivity contribution < 1.29 is 9.59 Å². The Balaban J connectivity index is 1.46. The Morgan fingerprint density at radius 2 is 1.41 bits per heavy atom. The third-order valence-corrected chi connectivity index (χ3v) is 6.07. The molecule has 2 fully saturated rings. The maximum absolute atomic E-state index is 13.2. The van der Waals surface area contributed by atoms with Gasteiger partial charge in [-0.05, 0) is 56.5 Å². The van der Waals surface area contributed by atoms with Gasteiger partial charge in [-0.3, -0.25) is 14.5 Å². The highest BCUT2D eigenvalue weighted by molar-refractivity contribution is 5.95. The zero-order valence-electron chi connectivity index (χ0n) is 16.8. The fourth-order valence-electron chi connectivity index (χ4n) is 4.50. The SMILES string of the molecule is O=C(Nc1ccccc1)C(c1ccccc1)N1CCC(C(=O)N2CCCC2)CC1. The molecule has 2 saturated heterocycles. The van der Waals surface area contributed by atoms with Crippen molar-refractivity contribution >= 4 is 17.5 Å². The van der Waals surface area contributed by atoms with E-state index in [9.17, 15) is 9.59 Å². The number of nitrogens with one attached hydrogen (secondary N) is 1. The van der Waals surface area contributed by atoms with Gasteiger partial charge in [0, 0.05) is 24.7 Å². The van der Waals surface area contributed by atoms with Gasteiger partial charge in [0.05, 0.1) is 0 Å². The third kappa shape index (κ3) is 4.67. The van der Waals surface area contributed by atoms with Gasteiger partial charge in [0.2, 0.25) is 11.8 Å². The highest BCUT2D eigenvalue weighted by Crippen LogP contribution is 2.29. The van der Waals surface area contributed by atoms with Crippen LogP contribution < -0.4 is 5.32 Å². The average molecular weight is 392 g/mol. The van der Waals surface area contributed by atoms with E-state index in [0.29, 0.717) is 5.91 Å². The summed E-state index contributed by atoms with van der Waals surface area (Å²) in [6.45, 7) is 3.33. The third-order valence-electron chi connectivity index (χ3n) is 6.07. The first-order valence-electron chi connectivity index (χ1n) is 10.7. The molecule has 2 aromatic rings. The lowest BCUT2D eigenvalue weighted by atomic mass is 9.92. The number of benzene rings is 2. The van der Waals surface area contributed by atoms with E-state index in [-0.39, 0.29) is 17.9 Å². The zero-order valence-corrected chi connectivity index (χ0v) is 16.8. The lowest BCUT2D eigenvalue weighted by molar-refractivity contribution is -0.136. The quantitative estimate of drug-likeness (QED) is 0.846. The summed E-state index contributed by atoms with van der Waals surface area (Å²) in [7, 11) is 0. The highest BCUT2D eigenvalue weighted by Gasteiger charge is 2.35. The summed E-state index contributed by atoms with van der Waals surface area (Å²) in [5.41, 5.74) is 1.79. The zero-order chi connectivity index (χ0) is 20.1. The van der Waals surface area contributed by atoms with Gasteiger partial charge in [-0.15, -0.1) is 0 Å². The van der Waals surface area contributed by atoms with Gasteiger partial charge in [-0.2, -0.15) is 0 Å². The van der Waals surface area contributed by atoms with E-state index in [2.05, 4.69) is 10.2 Å². The summed E-state index contributed by atoms with van der Waals surface area (Å²) >= 11 is 0. The van der Waals surface area contributed by atoms with Gasteiger partial charge in [0.1, 0.15) is 6.04 Å². The molecule has 29 heavy (non-hydrogen) atoms. The molecule has 2 heterocycles. The van der Waals surface area contributed by atoms with Crippen molar-refractivity contribution in [1.82, 2.24) is 9.80 Å². The molecule has 2 aromatic carbocycles. The van der Waals surface area contributed by atoms with Crippen LogP contribution in [0.1, 0.15) is 37.3 Å². The summed E-state index contributed by atoms with van der Waals surface area (Å²) < 4.78 is 0. The Kier molecular flexibility index (Phi) is 6.25. The molecule has 0 spiro atoms. The second-order valence-corrected chi connectivity index (χ2v) is 8.01. The standard InChI is InChI=1S/C24H29N3O2/c28-23(25-21-11-5-2-6-12-21)22(19-9-3-1-4-10-19)26-17-13-20(14-18-26)24(29)27-15-7-8-16-27/h1-6,9-12,20,22H,7-8,13-18H2,(H,25,28). The molecule has 1 atom stereocenters. The minimum Gasteiger partial charge on any atom is -0.342 e. The molecule has 152 valence electrons. The van der Waals surface area contributed by atoms with Crippen molar-refractivity contribution in [3.8, 4) is 0 Å². The molecule has 5 heteroatoms. The van der Waals surface area contributed by atoms with E-state index in [1.807, 2.05) is 65.6 Å². The molecule has 0 bridgehead atoms. The summed E-state index contributed by atoms with van der Waals surface area (Å²) in [6.07, 6.45) is 3.88. The van der Waals surface area contributed by atoms with Crippen LogP contribution >= 0.6 is 0 Å². The van der Waals surface area contributed by atoms with Crippen molar-refractivity contribution in [3.63, 3.8) is 0 Å². The number of likely N-dealkylation sites (tertiary alicyclic amines) is 2. The van der Waals surface area contributed by atoms with Gasteiger partial charge < -0.3 is 10.2 Å². The topological polar surface area (TPSA) is 52.7 Å². The molecule has 2 aliphatic heterocycles. The first-order valence-corrected chi connectivity index (χ1v) is 10.7. The van der Waals surface area contributed by atoms with Crippen molar-refractivity contribution in [2.45, 2.75) is 31.7 Å². The smallest absolute Gasteiger partial charge is 0.246 e. The molecule has 2 aliphatic rings. The second kappa shape index (κ2) is 9.23. The minimum absolute atomic E-state index is 0.0216. The van der Waals surface area contributed by atoms with Gasteiger partial charge in [-0.25, -0.2) is 0 Å². The van der Waals surface area contributed by atoms with E-state index in [1.165, 1.54) is 0 Å². The molecule has 2 amide bonds.